The molecule has 2 N–H and O–H groups in total. The van der Waals surface area contributed by atoms with Gasteiger partial charge in [-0.25, -0.2) is 0 Å². The van der Waals surface area contributed by atoms with Crippen LogP contribution in [-0.4, -0.2) is 21.6 Å². The van der Waals surface area contributed by atoms with Crippen LogP contribution in [0.3, 0.4) is 0 Å². The SMILES string of the molecule is COc1c(-c2c[nH]c3ccccc23)n(C)c(=O)c(-c2c[nH]c3ccccc23)[n+]1[O-]. The number of aromatic nitrogens is 4. The van der Waals surface area contributed by atoms with Crippen LogP contribution < -0.4 is 15.0 Å². The topological polar surface area (TPSA) is 89.8 Å². The molecule has 5 rings (SSSR count). The van der Waals surface area contributed by atoms with Crippen molar-refractivity contribution in [3.05, 3.63) is 76.5 Å². The van der Waals surface area contributed by atoms with Crippen molar-refractivity contribution in [2.75, 3.05) is 7.11 Å². The summed E-state index contributed by atoms with van der Waals surface area (Å²) in [7, 11) is 3.09. The molecule has 0 aliphatic carbocycles. The van der Waals surface area contributed by atoms with Gasteiger partial charge in [0.1, 0.15) is 0 Å². The lowest BCUT2D eigenvalue weighted by Gasteiger charge is -2.14. The van der Waals surface area contributed by atoms with E-state index < -0.39 is 5.56 Å². The molecule has 0 atom stereocenters. The first-order valence-corrected chi connectivity index (χ1v) is 9.15. The average molecular weight is 386 g/mol. The number of nitrogens with zero attached hydrogens (tertiary/aromatic N) is 2. The van der Waals surface area contributed by atoms with Crippen molar-refractivity contribution in [3.8, 4) is 28.4 Å². The van der Waals surface area contributed by atoms with Crippen LogP contribution in [0.2, 0.25) is 0 Å². The molecule has 0 unspecified atom stereocenters. The van der Waals surface area contributed by atoms with E-state index in [4.69, 9.17) is 4.74 Å². The monoisotopic (exact) mass is 386 g/mol. The molecule has 0 saturated heterocycles. The molecule has 0 radical (unpaired) electrons. The number of para-hydroxylation sites is 2. The Morgan fingerprint density at radius 3 is 2.10 bits per heavy atom. The summed E-state index contributed by atoms with van der Waals surface area (Å²) in [6.45, 7) is 0. The maximum absolute atomic E-state index is 13.3. The summed E-state index contributed by atoms with van der Waals surface area (Å²) < 4.78 is 7.57. The van der Waals surface area contributed by atoms with Gasteiger partial charge in [0.2, 0.25) is 0 Å². The first-order valence-electron chi connectivity index (χ1n) is 9.15. The molecule has 5 aromatic rings. The molecule has 0 spiro atoms. The van der Waals surface area contributed by atoms with Crippen LogP contribution in [0.1, 0.15) is 0 Å². The first kappa shape index (κ1) is 17.1. The first-order chi connectivity index (χ1) is 14.1. The molecule has 3 heterocycles. The Bertz CT molecular complexity index is 1440. The van der Waals surface area contributed by atoms with E-state index in [0.717, 1.165) is 27.4 Å². The standard InChI is InChI=1S/C22H18N4O3/c1-25-20(16-12-24-18-10-6-4-8-14(16)18)22(29-2)26(28)19(21(25)27)15-11-23-17-9-5-3-7-13(15)17/h3-12,23-24H,1-2H3. The number of H-pyrrole nitrogens is 2. The van der Waals surface area contributed by atoms with Gasteiger partial charge in [0.05, 0.1) is 12.7 Å². The van der Waals surface area contributed by atoms with Gasteiger partial charge in [-0.3, -0.25) is 9.36 Å². The van der Waals surface area contributed by atoms with Crippen molar-refractivity contribution in [3.63, 3.8) is 0 Å². The fourth-order valence-electron chi connectivity index (χ4n) is 3.92. The van der Waals surface area contributed by atoms with Crippen LogP contribution in [0, 0.1) is 5.21 Å². The largest absolute Gasteiger partial charge is 0.615 e. The number of methoxy groups -OCH3 is 1. The van der Waals surface area contributed by atoms with Gasteiger partial charge < -0.3 is 19.9 Å². The van der Waals surface area contributed by atoms with E-state index in [1.165, 1.54) is 11.7 Å². The minimum absolute atomic E-state index is 0.0189. The number of aromatic amines is 2. The Morgan fingerprint density at radius 1 is 0.931 bits per heavy atom. The molecular formula is C22H18N4O3. The number of ether oxygens (including phenoxy) is 1. The van der Waals surface area contributed by atoms with Gasteiger partial charge in [-0.2, -0.15) is 0 Å². The zero-order chi connectivity index (χ0) is 20.1. The Balaban J connectivity index is 1.86. The highest BCUT2D eigenvalue weighted by molar-refractivity contribution is 5.96. The van der Waals surface area contributed by atoms with Gasteiger partial charge in [-0.1, -0.05) is 36.4 Å². The lowest BCUT2D eigenvalue weighted by atomic mass is 10.1. The molecule has 0 amide bonds. The van der Waals surface area contributed by atoms with E-state index in [2.05, 4.69) is 9.97 Å². The Morgan fingerprint density at radius 2 is 1.48 bits per heavy atom. The van der Waals surface area contributed by atoms with Gasteiger partial charge in [0.25, 0.3) is 5.69 Å². The van der Waals surface area contributed by atoms with Crippen molar-refractivity contribution in [2.45, 2.75) is 0 Å². The number of rotatable bonds is 3. The highest BCUT2D eigenvalue weighted by atomic mass is 16.5. The number of fused-ring (bicyclic) bond motifs is 2. The molecule has 2 aromatic carbocycles. The minimum atomic E-state index is -0.397. The van der Waals surface area contributed by atoms with E-state index in [-0.39, 0.29) is 11.6 Å². The minimum Gasteiger partial charge on any atom is -0.615 e. The van der Waals surface area contributed by atoms with Gasteiger partial charge in [0.15, 0.2) is 5.69 Å². The van der Waals surface area contributed by atoms with E-state index in [1.54, 1.807) is 19.4 Å². The van der Waals surface area contributed by atoms with Gasteiger partial charge in [-0.15, -0.1) is 4.73 Å². The average Bonchev–Trinajstić information content (AvgIpc) is 3.35. The maximum atomic E-state index is 13.3. The number of hydrogen-bond donors (Lipinski definition) is 2. The van der Waals surface area contributed by atoms with Crippen LogP contribution >= 0.6 is 0 Å². The molecule has 7 nitrogen and oxygen atoms in total. The zero-order valence-electron chi connectivity index (χ0n) is 15.9. The smallest absolute Gasteiger partial charge is 0.405 e. The van der Waals surface area contributed by atoms with E-state index >= 15 is 0 Å². The third-order valence-electron chi connectivity index (χ3n) is 5.31. The van der Waals surface area contributed by atoms with E-state index in [1.807, 2.05) is 48.5 Å². The summed E-state index contributed by atoms with van der Waals surface area (Å²) in [5, 5.41) is 15.0. The highest BCUT2D eigenvalue weighted by Gasteiger charge is 2.30. The number of nitrogens with one attached hydrogen (secondary N) is 2. The second-order valence-electron chi connectivity index (χ2n) is 6.86. The summed E-state index contributed by atoms with van der Waals surface area (Å²) >= 11 is 0. The fourth-order valence-corrected chi connectivity index (χ4v) is 3.92. The molecule has 0 aliphatic rings. The predicted octanol–water partition coefficient (Wildman–Crippen LogP) is 3.32. The molecule has 0 saturated carbocycles. The van der Waals surface area contributed by atoms with Crippen molar-refractivity contribution < 1.29 is 9.47 Å². The second-order valence-corrected chi connectivity index (χ2v) is 6.86. The molecule has 0 fully saturated rings. The van der Waals surface area contributed by atoms with Crippen LogP contribution in [0.15, 0.2) is 65.7 Å². The van der Waals surface area contributed by atoms with Gasteiger partial charge >= 0.3 is 11.4 Å². The van der Waals surface area contributed by atoms with Gasteiger partial charge in [0, 0.05) is 46.8 Å². The van der Waals surface area contributed by atoms with Crippen LogP contribution in [0.5, 0.6) is 5.88 Å². The molecule has 144 valence electrons. The Hall–Kier alpha value is -4.00. The van der Waals surface area contributed by atoms with Crippen molar-refractivity contribution in [2.24, 2.45) is 7.05 Å². The molecular weight excluding hydrogens is 368 g/mol. The third kappa shape index (κ3) is 2.37. The molecule has 7 heteroatoms. The summed E-state index contributed by atoms with van der Waals surface area (Å²) in [5.41, 5.74) is 3.08. The number of hydrogen-bond acceptors (Lipinski definition) is 3. The van der Waals surface area contributed by atoms with Crippen molar-refractivity contribution in [1.29, 1.82) is 0 Å². The van der Waals surface area contributed by atoms with Crippen LogP contribution in [0.25, 0.3) is 44.3 Å². The normalized spacial score (nSPS) is 11.4. The Labute approximate surface area is 165 Å². The third-order valence-corrected chi connectivity index (χ3v) is 5.31. The Kier molecular flexibility index (Phi) is 3.70. The maximum Gasteiger partial charge on any atom is 0.405 e. The van der Waals surface area contributed by atoms with Crippen molar-refractivity contribution in [1.82, 2.24) is 14.5 Å². The number of benzene rings is 2. The highest BCUT2D eigenvalue weighted by Crippen LogP contribution is 2.34. The lowest BCUT2D eigenvalue weighted by Crippen LogP contribution is -2.41. The van der Waals surface area contributed by atoms with Crippen LogP contribution in [0.4, 0.5) is 0 Å². The van der Waals surface area contributed by atoms with Crippen molar-refractivity contribution >= 4 is 21.8 Å². The molecule has 0 bridgehead atoms. The van der Waals surface area contributed by atoms with Gasteiger partial charge in [-0.05, 0) is 12.1 Å². The summed E-state index contributed by atoms with van der Waals surface area (Å²) in [4.78, 5) is 19.6. The predicted molar refractivity (Wildman–Crippen MR) is 112 cm³/mol. The van der Waals surface area contributed by atoms with Crippen LogP contribution in [-0.2, 0) is 7.05 Å². The zero-order valence-corrected chi connectivity index (χ0v) is 15.9. The van der Waals surface area contributed by atoms with E-state index in [0.29, 0.717) is 16.0 Å². The van der Waals surface area contributed by atoms with E-state index in [9.17, 15) is 10.0 Å². The summed E-state index contributed by atoms with van der Waals surface area (Å²) in [5.74, 6) is 0.0668. The molecule has 29 heavy (non-hydrogen) atoms. The quantitative estimate of drug-likeness (QED) is 0.368. The fraction of sp³-hybridized carbons (Fsp3) is 0.0909. The lowest BCUT2D eigenvalue weighted by molar-refractivity contribution is -0.601. The summed E-state index contributed by atoms with van der Waals surface area (Å²) in [6, 6.07) is 15.3. The second kappa shape index (κ2) is 6.27. The summed E-state index contributed by atoms with van der Waals surface area (Å²) in [6.07, 6.45) is 3.47. The molecule has 0 aliphatic heterocycles. The molecule has 3 aromatic heterocycles.